The molecule has 0 unspecified atom stereocenters. The summed E-state index contributed by atoms with van der Waals surface area (Å²) in [5.74, 6) is 0. The molecule has 3 heteroatoms. The average Bonchev–Trinajstić information content (AvgIpc) is 2.80. The molecule has 0 atom stereocenters. The van der Waals surface area contributed by atoms with Crippen molar-refractivity contribution in [1.82, 2.24) is 15.1 Å². The van der Waals surface area contributed by atoms with Gasteiger partial charge in [-0.25, -0.2) is 0 Å². The van der Waals surface area contributed by atoms with Crippen molar-refractivity contribution in [3.05, 3.63) is 30.0 Å². The molecule has 1 N–H and O–H groups in total. The topological polar surface area (TPSA) is 29.9 Å². The van der Waals surface area contributed by atoms with E-state index in [1.807, 2.05) is 13.8 Å². The maximum absolute atomic E-state index is 4.70. The van der Waals surface area contributed by atoms with Crippen molar-refractivity contribution in [2.24, 2.45) is 0 Å². The normalized spacial score (nSPS) is 16.4. The van der Waals surface area contributed by atoms with Crippen molar-refractivity contribution in [2.45, 2.75) is 39.7 Å². The molecule has 0 aliphatic carbocycles. The smallest absolute Gasteiger partial charge is 0.0688 e. The highest BCUT2D eigenvalue weighted by atomic mass is 15.3. The van der Waals surface area contributed by atoms with E-state index in [1.165, 1.54) is 23.7 Å². The van der Waals surface area contributed by atoms with Crippen LogP contribution in [0.2, 0.25) is 0 Å². The average molecular weight is 245 g/mol. The lowest BCUT2D eigenvalue weighted by Crippen LogP contribution is -2.29. The Kier molecular flexibility index (Phi) is 4.37. The lowest BCUT2D eigenvalue weighted by Gasteiger charge is -2.23. The van der Waals surface area contributed by atoms with E-state index < -0.39 is 0 Å². The van der Waals surface area contributed by atoms with Crippen LogP contribution >= 0.6 is 0 Å². The summed E-state index contributed by atoms with van der Waals surface area (Å²) in [5, 5.41) is 9.39. The fraction of sp³-hybridized carbons (Fsp3) is 0.533. The standard InChI is InChI=1S/C13H17N3.C2H6/c1-10-12-4-2-3-5-13(12)16(15-10)11-6-8-14-9-7-11;1-2/h2-5,11,14H,6-9H2,1H3;1-2H3. The second kappa shape index (κ2) is 6.01. The zero-order chi connectivity index (χ0) is 13.0. The van der Waals surface area contributed by atoms with Gasteiger partial charge in [0.2, 0.25) is 0 Å². The quantitative estimate of drug-likeness (QED) is 0.835. The molecule has 0 bridgehead atoms. The van der Waals surface area contributed by atoms with E-state index in [2.05, 4.69) is 41.2 Å². The van der Waals surface area contributed by atoms with Crippen LogP contribution in [0.3, 0.4) is 0 Å². The highest BCUT2D eigenvalue weighted by Gasteiger charge is 2.18. The molecule has 1 saturated heterocycles. The molecule has 98 valence electrons. The minimum absolute atomic E-state index is 0.569. The first-order chi connectivity index (χ1) is 8.86. The van der Waals surface area contributed by atoms with Gasteiger partial charge in [0.15, 0.2) is 0 Å². The highest BCUT2D eigenvalue weighted by Crippen LogP contribution is 2.25. The van der Waals surface area contributed by atoms with Gasteiger partial charge in [0.25, 0.3) is 0 Å². The first-order valence-corrected chi connectivity index (χ1v) is 7.01. The number of nitrogens with zero attached hydrogens (tertiary/aromatic N) is 2. The van der Waals surface area contributed by atoms with Gasteiger partial charge < -0.3 is 5.32 Å². The number of hydrogen-bond acceptors (Lipinski definition) is 2. The van der Waals surface area contributed by atoms with Crippen LogP contribution < -0.4 is 5.32 Å². The van der Waals surface area contributed by atoms with Crippen molar-refractivity contribution in [2.75, 3.05) is 13.1 Å². The molecule has 0 spiro atoms. The number of piperidine rings is 1. The lowest BCUT2D eigenvalue weighted by atomic mass is 10.1. The van der Waals surface area contributed by atoms with Crippen molar-refractivity contribution in [3.63, 3.8) is 0 Å². The SMILES string of the molecule is CC.Cc1nn(C2CCNCC2)c2ccccc12. The van der Waals surface area contributed by atoms with Crippen LogP contribution in [-0.4, -0.2) is 22.9 Å². The Balaban J connectivity index is 0.000000574. The zero-order valence-electron chi connectivity index (χ0n) is 11.6. The molecule has 2 aromatic rings. The molecule has 1 aliphatic rings. The molecular weight excluding hydrogens is 222 g/mol. The number of nitrogens with one attached hydrogen (secondary N) is 1. The Bertz CT molecular complexity index is 495. The van der Waals surface area contributed by atoms with Crippen molar-refractivity contribution in [3.8, 4) is 0 Å². The molecule has 3 nitrogen and oxygen atoms in total. The van der Waals surface area contributed by atoms with Gasteiger partial charge in [-0.2, -0.15) is 5.10 Å². The predicted octanol–water partition coefficient (Wildman–Crippen LogP) is 3.30. The van der Waals surface area contributed by atoms with Crippen molar-refractivity contribution < 1.29 is 0 Å². The third kappa shape index (κ3) is 2.41. The summed E-state index contributed by atoms with van der Waals surface area (Å²) >= 11 is 0. The van der Waals surface area contributed by atoms with E-state index in [-0.39, 0.29) is 0 Å². The first kappa shape index (κ1) is 13.1. The number of fused-ring (bicyclic) bond motifs is 1. The first-order valence-electron chi connectivity index (χ1n) is 7.01. The summed E-state index contributed by atoms with van der Waals surface area (Å²) < 4.78 is 2.23. The molecule has 1 fully saturated rings. The number of rotatable bonds is 1. The Morgan fingerprint density at radius 2 is 1.83 bits per heavy atom. The van der Waals surface area contributed by atoms with Gasteiger partial charge in [-0.05, 0) is 38.9 Å². The monoisotopic (exact) mass is 245 g/mol. The van der Waals surface area contributed by atoms with Crippen LogP contribution in [0, 0.1) is 6.92 Å². The number of benzene rings is 1. The van der Waals surface area contributed by atoms with Crippen LogP contribution in [0.15, 0.2) is 24.3 Å². The second-order valence-electron chi connectivity index (χ2n) is 4.53. The van der Waals surface area contributed by atoms with E-state index in [4.69, 9.17) is 5.10 Å². The maximum atomic E-state index is 4.70. The van der Waals surface area contributed by atoms with E-state index >= 15 is 0 Å². The van der Waals surface area contributed by atoms with Crippen LogP contribution in [0.1, 0.15) is 38.4 Å². The Labute approximate surface area is 109 Å². The van der Waals surface area contributed by atoms with E-state index in [0.29, 0.717) is 6.04 Å². The van der Waals surface area contributed by atoms with Gasteiger partial charge in [0, 0.05) is 5.39 Å². The lowest BCUT2D eigenvalue weighted by molar-refractivity contribution is 0.350. The van der Waals surface area contributed by atoms with Crippen molar-refractivity contribution >= 4 is 10.9 Å². The number of para-hydroxylation sites is 1. The van der Waals surface area contributed by atoms with Gasteiger partial charge in [-0.15, -0.1) is 0 Å². The Hall–Kier alpha value is -1.35. The molecule has 18 heavy (non-hydrogen) atoms. The molecule has 2 heterocycles. The van der Waals surface area contributed by atoms with E-state index in [0.717, 1.165) is 18.8 Å². The largest absolute Gasteiger partial charge is 0.317 e. The predicted molar refractivity (Wildman–Crippen MR) is 77.0 cm³/mol. The second-order valence-corrected chi connectivity index (χ2v) is 4.53. The van der Waals surface area contributed by atoms with Gasteiger partial charge in [-0.3, -0.25) is 4.68 Å². The number of aromatic nitrogens is 2. The third-order valence-electron chi connectivity index (χ3n) is 3.45. The van der Waals surface area contributed by atoms with Crippen LogP contribution in [-0.2, 0) is 0 Å². The summed E-state index contributed by atoms with van der Waals surface area (Å²) in [4.78, 5) is 0. The van der Waals surface area contributed by atoms with Crippen LogP contribution in [0.25, 0.3) is 10.9 Å². The zero-order valence-corrected chi connectivity index (χ0v) is 11.6. The Morgan fingerprint density at radius 1 is 1.17 bits per heavy atom. The molecular formula is C15H23N3. The van der Waals surface area contributed by atoms with E-state index in [9.17, 15) is 0 Å². The van der Waals surface area contributed by atoms with E-state index in [1.54, 1.807) is 0 Å². The minimum atomic E-state index is 0.569. The maximum Gasteiger partial charge on any atom is 0.0688 e. The fourth-order valence-corrected chi connectivity index (χ4v) is 2.58. The molecule has 0 radical (unpaired) electrons. The minimum Gasteiger partial charge on any atom is -0.317 e. The molecule has 1 aromatic carbocycles. The molecule has 0 amide bonds. The number of aryl methyl sites for hydroxylation is 1. The summed E-state index contributed by atoms with van der Waals surface area (Å²) in [6.07, 6.45) is 2.37. The van der Waals surface area contributed by atoms with Gasteiger partial charge in [0.05, 0.1) is 17.3 Å². The molecule has 1 aromatic heterocycles. The molecule has 1 aliphatic heterocycles. The summed E-state index contributed by atoms with van der Waals surface area (Å²) in [5.41, 5.74) is 2.43. The third-order valence-corrected chi connectivity index (χ3v) is 3.45. The summed E-state index contributed by atoms with van der Waals surface area (Å²) in [7, 11) is 0. The summed E-state index contributed by atoms with van der Waals surface area (Å²) in [6, 6.07) is 9.09. The van der Waals surface area contributed by atoms with Crippen LogP contribution in [0.5, 0.6) is 0 Å². The van der Waals surface area contributed by atoms with Gasteiger partial charge in [-0.1, -0.05) is 32.0 Å². The molecule has 0 saturated carbocycles. The van der Waals surface area contributed by atoms with Crippen molar-refractivity contribution in [1.29, 1.82) is 0 Å². The Morgan fingerprint density at radius 3 is 2.56 bits per heavy atom. The van der Waals surface area contributed by atoms with Crippen LogP contribution in [0.4, 0.5) is 0 Å². The fourth-order valence-electron chi connectivity index (χ4n) is 2.58. The molecule has 3 rings (SSSR count). The highest BCUT2D eigenvalue weighted by molar-refractivity contribution is 5.81. The number of hydrogen-bond donors (Lipinski definition) is 1. The summed E-state index contributed by atoms with van der Waals surface area (Å²) in [6.45, 7) is 8.32. The van der Waals surface area contributed by atoms with Gasteiger partial charge >= 0.3 is 0 Å². The van der Waals surface area contributed by atoms with Gasteiger partial charge in [0.1, 0.15) is 0 Å².